The zero-order valence-corrected chi connectivity index (χ0v) is 22.0. The predicted octanol–water partition coefficient (Wildman–Crippen LogP) is 3.87. The Hall–Kier alpha value is -4.27. The Labute approximate surface area is 226 Å². The molecule has 2 aliphatic rings. The fraction of sp³-hybridized carbons (Fsp3) is 0.103. The molecule has 188 valence electrons. The van der Waals surface area contributed by atoms with Gasteiger partial charge in [-0.05, 0) is 42.8 Å². The quantitative estimate of drug-likeness (QED) is 0.428. The Morgan fingerprint density at radius 3 is 2.39 bits per heavy atom. The van der Waals surface area contributed by atoms with Gasteiger partial charge in [0.25, 0.3) is 17.4 Å². The van der Waals surface area contributed by atoms with E-state index in [4.69, 9.17) is 11.6 Å². The van der Waals surface area contributed by atoms with Crippen LogP contribution in [0.25, 0.3) is 5.57 Å². The lowest BCUT2D eigenvalue weighted by molar-refractivity contribution is -0.113. The number of rotatable bonds is 3. The number of likely N-dealkylation sites (N-methyl/N-ethyl adjacent to an activating group) is 1. The molecule has 3 heterocycles. The molecule has 2 amide bonds. The van der Waals surface area contributed by atoms with Gasteiger partial charge in [-0.2, -0.15) is 0 Å². The van der Waals surface area contributed by atoms with E-state index in [1.165, 1.54) is 4.57 Å². The normalized spacial score (nSPS) is 17.7. The minimum absolute atomic E-state index is 0.253. The maximum atomic E-state index is 14.1. The van der Waals surface area contributed by atoms with Gasteiger partial charge in [0.2, 0.25) is 0 Å². The van der Waals surface area contributed by atoms with Gasteiger partial charge in [0.15, 0.2) is 4.80 Å². The van der Waals surface area contributed by atoms with Crippen LogP contribution < -0.4 is 25.1 Å². The first kappa shape index (κ1) is 24.1. The maximum Gasteiger partial charge on any atom is 0.271 e. The third-order valence-electron chi connectivity index (χ3n) is 6.74. The van der Waals surface area contributed by atoms with Gasteiger partial charge in [-0.1, -0.05) is 71.5 Å². The maximum absolute atomic E-state index is 14.1. The van der Waals surface area contributed by atoms with Crippen LogP contribution in [0.15, 0.2) is 99.9 Å². The second-order valence-electron chi connectivity index (χ2n) is 9.03. The summed E-state index contributed by atoms with van der Waals surface area (Å²) in [5, 5.41) is 3.47. The number of carbonyl (C=O) groups is 2. The Morgan fingerprint density at radius 2 is 1.66 bits per heavy atom. The van der Waals surface area contributed by atoms with Crippen LogP contribution in [0, 0.1) is 0 Å². The predicted molar refractivity (Wildman–Crippen MR) is 149 cm³/mol. The molecule has 0 spiro atoms. The number of nitrogens with zero attached hydrogens (tertiary/aromatic N) is 3. The molecule has 1 N–H and O–H groups in total. The molecule has 7 nitrogen and oxygen atoms in total. The zero-order chi connectivity index (χ0) is 26.6. The number of para-hydroxylation sites is 2. The Bertz CT molecular complexity index is 1840. The Balaban J connectivity index is 1.59. The van der Waals surface area contributed by atoms with Gasteiger partial charge in [0, 0.05) is 23.3 Å². The van der Waals surface area contributed by atoms with E-state index in [0.29, 0.717) is 48.0 Å². The number of anilines is 2. The molecule has 0 aliphatic carbocycles. The highest BCUT2D eigenvalue weighted by Crippen LogP contribution is 2.35. The SMILES string of the molecule is CC1=C(C(=O)Nc2ccccc2)[C@H](c2ccc(Cl)cc2)n2c(s/c(=C3\C(=O)N(C)c4ccccc43)c2=O)=N1. The summed E-state index contributed by atoms with van der Waals surface area (Å²) in [6, 6.07) is 22.8. The molecular formula is C29H21ClN4O3S. The third kappa shape index (κ3) is 3.81. The largest absolute Gasteiger partial charge is 0.322 e. The molecule has 9 heteroatoms. The second-order valence-corrected chi connectivity index (χ2v) is 10.4. The fourth-order valence-corrected chi connectivity index (χ4v) is 6.19. The topological polar surface area (TPSA) is 83.8 Å². The van der Waals surface area contributed by atoms with Gasteiger partial charge in [-0.25, -0.2) is 4.99 Å². The van der Waals surface area contributed by atoms with Gasteiger partial charge in [-0.3, -0.25) is 19.0 Å². The smallest absolute Gasteiger partial charge is 0.271 e. The van der Waals surface area contributed by atoms with Gasteiger partial charge < -0.3 is 10.2 Å². The highest BCUT2D eigenvalue weighted by Gasteiger charge is 2.35. The van der Waals surface area contributed by atoms with Gasteiger partial charge in [0.1, 0.15) is 4.53 Å². The molecule has 0 unspecified atom stereocenters. The molecule has 6 rings (SSSR count). The lowest BCUT2D eigenvalue weighted by Gasteiger charge is -2.25. The van der Waals surface area contributed by atoms with E-state index in [-0.39, 0.29) is 17.4 Å². The van der Waals surface area contributed by atoms with Crippen molar-refractivity contribution in [1.82, 2.24) is 4.57 Å². The van der Waals surface area contributed by atoms with Crippen molar-refractivity contribution in [3.05, 3.63) is 126 Å². The summed E-state index contributed by atoms with van der Waals surface area (Å²) >= 11 is 7.32. The van der Waals surface area contributed by atoms with E-state index in [2.05, 4.69) is 10.3 Å². The molecular weight excluding hydrogens is 520 g/mol. The first-order valence-electron chi connectivity index (χ1n) is 11.9. The number of nitrogens with one attached hydrogen (secondary N) is 1. The Kier molecular flexibility index (Phi) is 5.86. The summed E-state index contributed by atoms with van der Waals surface area (Å²) in [7, 11) is 1.69. The number of hydrogen-bond donors (Lipinski definition) is 1. The van der Waals surface area contributed by atoms with E-state index in [0.717, 1.165) is 17.0 Å². The monoisotopic (exact) mass is 540 g/mol. The molecule has 1 aromatic heterocycles. The van der Waals surface area contributed by atoms with Gasteiger partial charge in [0.05, 0.1) is 28.6 Å². The summed E-state index contributed by atoms with van der Waals surface area (Å²) in [5.74, 6) is -0.616. The molecule has 2 aliphatic heterocycles. The van der Waals surface area contributed by atoms with Crippen LogP contribution in [0.1, 0.15) is 24.1 Å². The van der Waals surface area contributed by atoms with Crippen molar-refractivity contribution < 1.29 is 9.59 Å². The number of hydrogen-bond acceptors (Lipinski definition) is 5. The molecule has 0 fully saturated rings. The highest BCUT2D eigenvalue weighted by molar-refractivity contribution is 7.07. The van der Waals surface area contributed by atoms with Crippen LogP contribution in [0.5, 0.6) is 0 Å². The van der Waals surface area contributed by atoms with Crippen LogP contribution in [-0.2, 0) is 9.59 Å². The molecule has 4 aromatic rings. The van der Waals surface area contributed by atoms with Crippen molar-refractivity contribution in [2.45, 2.75) is 13.0 Å². The summed E-state index contributed by atoms with van der Waals surface area (Å²) in [6.45, 7) is 1.76. The lowest BCUT2D eigenvalue weighted by atomic mass is 9.95. The van der Waals surface area contributed by atoms with Crippen molar-refractivity contribution in [1.29, 1.82) is 0 Å². The summed E-state index contributed by atoms with van der Waals surface area (Å²) < 4.78 is 1.80. The number of halogens is 1. The van der Waals surface area contributed by atoms with E-state index < -0.39 is 6.04 Å². The van der Waals surface area contributed by atoms with E-state index in [1.54, 1.807) is 55.3 Å². The second kappa shape index (κ2) is 9.24. The average Bonchev–Trinajstić information content (AvgIpc) is 3.36. The number of allylic oxidation sites excluding steroid dienone is 1. The number of amides is 2. The third-order valence-corrected chi connectivity index (χ3v) is 8.04. The Morgan fingerprint density at radius 1 is 0.974 bits per heavy atom. The molecule has 0 saturated carbocycles. The minimum Gasteiger partial charge on any atom is -0.322 e. The first-order valence-corrected chi connectivity index (χ1v) is 13.1. The summed E-state index contributed by atoms with van der Waals surface area (Å²) in [4.78, 5) is 47.7. The van der Waals surface area contributed by atoms with Gasteiger partial charge >= 0.3 is 0 Å². The molecule has 0 bridgehead atoms. The van der Waals surface area contributed by atoms with Gasteiger partial charge in [-0.15, -0.1) is 0 Å². The fourth-order valence-electron chi connectivity index (χ4n) is 4.93. The first-order chi connectivity index (χ1) is 18.3. The molecule has 38 heavy (non-hydrogen) atoms. The van der Waals surface area contributed by atoms with Crippen molar-refractivity contribution in [3.63, 3.8) is 0 Å². The molecule has 3 aromatic carbocycles. The van der Waals surface area contributed by atoms with Crippen LogP contribution in [0.4, 0.5) is 11.4 Å². The number of benzene rings is 3. The van der Waals surface area contributed by atoms with E-state index in [9.17, 15) is 14.4 Å². The average molecular weight is 541 g/mol. The van der Waals surface area contributed by atoms with Crippen molar-refractivity contribution in [2.75, 3.05) is 17.3 Å². The molecule has 1 atom stereocenters. The zero-order valence-electron chi connectivity index (χ0n) is 20.4. The van der Waals surface area contributed by atoms with E-state index >= 15 is 0 Å². The lowest BCUT2D eigenvalue weighted by Crippen LogP contribution is -2.41. The highest BCUT2D eigenvalue weighted by atomic mass is 35.5. The van der Waals surface area contributed by atoms with Crippen LogP contribution in [0.2, 0.25) is 5.02 Å². The standard InChI is InChI=1S/C29H21ClN4O3S/c1-16-22(26(35)32-19-8-4-3-5-9-19)24(17-12-14-18(30)15-13-17)34-28(37)25(38-29(34)31-16)23-20-10-6-7-11-21(20)33(2)27(23)36/h3-15,24H,1-2H3,(H,32,35)/b25-23-/t24-/m0/s1. The molecule has 0 saturated heterocycles. The van der Waals surface area contributed by atoms with Crippen LogP contribution >= 0.6 is 22.9 Å². The minimum atomic E-state index is -0.758. The number of carbonyl (C=O) groups excluding carboxylic acids is 2. The summed E-state index contributed by atoms with van der Waals surface area (Å²) in [6.07, 6.45) is 0. The summed E-state index contributed by atoms with van der Waals surface area (Å²) in [5.41, 5.74) is 3.58. The number of aromatic nitrogens is 1. The van der Waals surface area contributed by atoms with Crippen molar-refractivity contribution in [2.24, 2.45) is 4.99 Å². The van der Waals surface area contributed by atoms with Crippen LogP contribution in [0.3, 0.4) is 0 Å². The van der Waals surface area contributed by atoms with Crippen LogP contribution in [-0.4, -0.2) is 23.4 Å². The number of thiazole rings is 1. The number of fused-ring (bicyclic) bond motifs is 2. The van der Waals surface area contributed by atoms with Crippen molar-refractivity contribution in [3.8, 4) is 0 Å². The van der Waals surface area contributed by atoms with E-state index in [1.807, 2.05) is 42.5 Å². The molecule has 0 radical (unpaired) electrons. The van der Waals surface area contributed by atoms with Crippen molar-refractivity contribution >= 4 is 51.7 Å².